The molecule has 166 valence electrons. The van der Waals surface area contributed by atoms with Gasteiger partial charge in [0.25, 0.3) is 5.91 Å². The Morgan fingerprint density at radius 3 is 2.58 bits per heavy atom. The molecule has 9 heteroatoms. The number of imide groups is 1. The molecule has 0 aliphatic carbocycles. The second-order valence-corrected chi connectivity index (χ2v) is 8.12. The van der Waals surface area contributed by atoms with Gasteiger partial charge in [-0.1, -0.05) is 12.1 Å². The number of hydrogen-bond donors (Lipinski definition) is 2. The molecular formula is C22H27N3O5S. The minimum atomic E-state index is -1.14. The van der Waals surface area contributed by atoms with Gasteiger partial charge in [-0.2, -0.15) is 0 Å². The summed E-state index contributed by atoms with van der Waals surface area (Å²) in [5, 5.41) is 7.31. The molecule has 2 aromatic rings. The number of urea groups is 1. The van der Waals surface area contributed by atoms with Crippen LogP contribution in [0, 0.1) is 0 Å². The van der Waals surface area contributed by atoms with Crippen molar-refractivity contribution in [3.63, 3.8) is 0 Å². The van der Waals surface area contributed by atoms with Crippen LogP contribution in [0.4, 0.5) is 4.79 Å². The van der Waals surface area contributed by atoms with E-state index in [4.69, 9.17) is 9.47 Å². The molecule has 0 bridgehead atoms. The molecule has 1 unspecified atom stereocenters. The number of thiophene rings is 1. The van der Waals surface area contributed by atoms with Gasteiger partial charge in [0.15, 0.2) is 17.0 Å². The molecular weight excluding hydrogens is 418 g/mol. The average Bonchev–Trinajstić information content (AvgIpc) is 3.35. The van der Waals surface area contributed by atoms with E-state index in [2.05, 4.69) is 10.6 Å². The van der Waals surface area contributed by atoms with E-state index in [-0.39, 0.29) is 6.54 Å². The summed E-state index contributed by atoms with van der Waals surface area (Å²) < 4.78 is 11.2. The van der Waals surface area contributed by atoms with Gasteiger partial charge < -0.3 is 20.1 Å². The van der Waals surface area contributed by atoms with Crippen molar-refractivity contribution in [2.75, 3.05) is 26.3 Å². The zero-order valence-electron chi connectivity index (χ0n) is 17.9. The van der Waals surface area contributed by atoms with Gasteiger partial charge in [0.05, 0.1) is 13.2 Å². The maximum absolute atomic E-state index is 12.8. The molecule has 1 aromatic carbocycles. The first-order chi connectivity index (χ1) is 14.9. The highest BCUT2D eigenvalue weighted by molar-refractivity contribution is 7.10. The number of nitrogens with zero attached hydrogens (tertiary/aromatic N) is 1. The van der Waals surface area contributed by atoms with Gasteiger partial charge in [0, 0.05) is 11.4 Å². The molecule has 8 nitrogen and oxygen atoms in total. The van der Waals surface area contributed by atoms with Gasteiger partial charge in [-0.15, -0.1) is 11.3 Å². The van der Waals surface area contributed by atoms with E-state index in [1.165, 1.54) is 11.3 Å². The van der Waals surface area contributed by atoms with Crippen molar-refractivity contribution in [2.45, 2.75) is 32.7 Å². The predicted octanol–water partition coefficient (Wildman–Crippen LogP) is 2.67. The Morgan fingerprint density at radius 2 is 1.90 bits per heavy atom. The summed E-state index contributed by atoms with van der Waals surface area (Å²) in [6.45, 7) is 6.58. The normalized spacial score (nSPS) is 18.1. The fourth-order valence-corrected chi connectivity index (χ4v) is 4.20. The Bertz CT molecular complexity index is 947. The van der Waals surface area contributed by atoms with Crippen LogP contribution in [0.1, 0.15) is 31.2 Å². The molecule has 0 saturated carbocycles. The topological polar surface area (TPSA) is 97.0 Å². The predicted molar refractivity (Wildman–Crippen MR) is 117 cm³/mol. The molecule has 4 amide bonds. The number of hydrogen-bond acceptors (Lipinski definition) is 6. The Balaban J connectivity index is 1.54. The summed E-state index contributed by atoms with van der Waals surface area (Å²) in [5.41, 5.74) is -0.156. The minimum absolute atomic E-state index is 0.320. The van der Waals surface area contributed by atoms with Gasteiger partial charge in [-0.25, -0.2) is 4.79 Å². The number of ether oxygens (including phenoxy) is 2. The molecule has 2 N–H and O–H groups in total. The number of amides is 4. The lowest BCUT2D eigenvalue weighted by Crippen LogP contribution is -2.43. The first-order valence-electron chi connectivity index (χ1n) is 10.2. The van der Waals surface area contributed by atoms with E-state index in [1.807, 2.05) is 43.5 Å². The summed E-state index contributed by atoms with van der Waals surface area (Å²) in [6.07, 6.45) is 0.575. The van der Waals surface area contributed by atoms with E-state index in [1.54, 1.807) is 13.0 Å². The molecule has 1 fully saturated rings. The zero-order valence-corrected chi connectivity index (χ0v) is 18.7. The van der Waals surface area contributed by atoms with Crippen LogP contribution in [-0.4, -0.2) is 49.0 Å². The van der Waals surface area contributed by atoms with Crippen LogP contribution in [0.5, 0.6) is 11.5 Å². The van der Waals surface area contributed by atoms with Crippen molar-refractivity contribution in [3.05, 3.63) is 46.2 Å². The van der Waals surface area contributed by atoms with Crippen LogP contribution in [0.2, 0.25) is 0 Å². The van der Waals surface area contributed by atoms with Crippen LogP contribution in [0.15, 0.2) is 35.7 Å². The number of rotatable bonds is 10. The molecule has 1 aliphatic heterocycles. The fraction of sp³-hybridized carbons (Fsp3) is 0.409. The van der Waals surface area contributed by atoms with Crippen LogP contribution in [0.3, 0.4) is 0 Å². The number of nitrogens with one attached hydrogen (secondary N) is 2. The molecule has 0 radical (unpaired) electrons. The Morgan fingerprint density at radius 1 is 1.16 bits per heavy atom. The van der Waals surface area contributed by atoms with Crippen molar-refractivity contribution in [1.82, 2.24) is 15.5 Å². The van der Waals surface area contributed by atoms with Crippen LogP contribution >= 0.6 is 11.3 Å². The van der Waals surface area contributed by atoms with E-state index >= 15 is 0 Å². The largest absolute Gasteiger partial charge is 0.490 e. The Kier molecular flexibility index (Phi) is 7.17. The minimum Gasteiger partial charge on any atom is -0.490 e. The first-order valence-corrected chi connectivity index (χ1v) is 11.1. The summed E-state index contributed by atoms with van der Waals surface area (Å²) in [5.74, 6) is 0.530. The number of carbonyl (C=O) groups is 3. The van der Waals surface area contributed by atoms with Gasteiger partial charge in [0.1, 0.15) is 6.54 Å². The van der Waals surface area contributed by atoms with Crippen molar-refractivity contribution < 1.29 is 23.9 Å². The van der Waals surface area contributed by atoms with Gasteiger partial charge in [-0.3, -0.25) is 14.5 Å². The van der Waals surface area contributed by atoms with E-state index < -0.39 is 23.4 Å². The zero-order chi connectivity index (χ0) is 22.4. The highest BCUT2D eigenvalue weighted by atomic mass is 32.1. The molecule has 1 atom stereocenters. The first kappa shape index (κ1) is 22.6. The van der Waals surface area contributed by atoms with Gasteiger partial charge in [0.2, 0.25) is 5.91 Å². The van der Waals surface area contributed by atoms with E-state index in [9.17, 15) is 14.4 Å². The maximum atomic E-state index is 12.8. The van der Waals surface area contributed by atoms with Crippen LogP contribution in [0.25, 0.3) is 0 Å². The lowest BCUT2D eigenvalue weighted by Gasteiger charge is -2.20. The van der Waals surface area contributed by atoms with E-state index in [0.717, 1.165) is 15.3 Å². The maximum Gasteiger partial charge on any atom is 0.325 e. The molecule has 1 saturated heterocycles. The molecule has 0 spiro atoms. The lowest BCUT2D eigenvalue weighted by atomic mass is 10.0. The third-order valence-corrected chi connectivity index (χ3v) is 6.03. The summed E-state index contributed by atoms with van der Waals surface area (Å²) in [4.78, 5) is 39.1. The SMILES string of the molecule is CCOc1ccc(CCNC(=O)CN2C(=O)NC(C)(c3cccs3)C2=O)cc1OCC. The lowest BCUT2D eigenvalue weighted by molar-refractivity contribution is -0.134. The average molecular weight is 446 g/mol. The van der Waals surface area contributed by atoms with Crippen molar-refractivity contribution in [1.29, 1.82) is 0 Å². The third kappa shape index (κ3) is 4.99. The molecule has 3 rings (SSSR count). The smallest absolute Gasteiger partial charge is 0.325 e. The van der Waals surface area contributed by atoms with Crippen LogP contribution < -0.4 is 20.1 Å². The standard InChI is InChI=1S/C22H27N3O5S/c1-4-29-16-9-8-15(13-17(16)30-5-2)10-11-23-19(26)14-25-20(27)22(3,24-21(25)28)18-7-6-12-31-18/h6-9,12-13H,4-5,10-11,14H2,1-3H3,(H,23,26)(H,24,28). The third-order valence-electron chi connectivity index (χ3n) is 4.93. The molecule has 1 aliphatic rings. The number of carbonyl (C=O) groups excluding carboxylic acids is 3. The second kappa shape index (κ2) is 9.82. The van der Waals surface area contributed by atoms with Gasteiger partial charge >= 0.3 is 6.03 Å². The molecule has 31 heavy (non-hydrogen) atoms. The number of benzene rings is 1. The highest BCUT2D eigenvalue weighted by Gasteiger charge is 2.50. The molecule has 1 aromatic heterocycles. The van der Waals surface area contributed by atoms with Gasteiger partial charge in [-0.05, 0) is 56.3 Å². The van der Waals surface area contributed by atoms with Crippen molar-refractivity contribution in [3.8, 4) is 11.5 Å². The summed E-state index contributed by atoms with van der Waals surface area (Å²) in [7, 11) is 0. The fourth-order valence-electron chi connectivity index (χ4n) is 3.37. The second-order valence-electron chi connectivity index (χ2n) is 7.17. The Labute approximate surface area is 185 Å². The van der Waals surface area contributed by atoms with Crippen molar-refractivity contribution >= 4 is 29.2 Å². The molecule has 2 heterocycles. The quantitative estimate of drug-likeness (QED) is 0.548. The Hall–Kier alpha value is -3.07. The van der Waals surface area contributed by atoms with Crippen molar-refractivity contribution in [2.24, 2.45) is 0 Å². The highest BCUT2D eigenvalue weighted by Crippen LogP contribution is 2.32. The monoisotopic (exact) mass is 445 g/mol. The summed E-state index contributed by atoms with van der Waals surface area (Å²) >= 11 is 1.38. The van der Waals surface area contributed by atoms with Crippen LogP contribution in [-0.2, 0) is 21.5 Å². The van der Waals surface area contributed by atoms with E-state index in [0.29, 0.717) is 37.7 Å². The summed E-state index contributed by atoms with van der Waals surface area (Å²) in [6, 6.07) is 8.71.